The summed E-state index contributed by atoms with van der Waals surface area (Å²) in [5, 5.41) is 87.1. The second-order valence-corrected chi connectivity index (χ2v) is 16.3. The second-order valence-electron chi connectivity index (χ2n) is 16.3. The Morgan fingerprint density at radius 2 is 1.49 bits per heavy atom. The molecule has 3 heterocycles. The topological polar surface area (TPSA) is 199 Å². The summed E-state index contributed by atoms with van der Waals surface area (Å²) in [6.45, 7) is 8.71. The Morgan fingerprint density at radius 1 is 0.778 bits per heavy atom. The van der Waals surface area contributed by atoms with Gasteiger partial charge in [-0.05, 0) is 73.5 Å². The van der Waals surface area contributed by atoms with E-state index in [1.165, 1.54) is 0 Å². The predicted octanol–water partition coefficient (Wildman–Crippen LogP) is -0.355. The van der Waals surface area contributed by atoms with E-state index < -0.39 is 78.5 Å². The summed E-state index contributed by atoms with van der Waals surface area (Å²) in [6.07, 6.45) is -9.15. The van der Waals surface area contributed by atoms with Crippen molar-refractivity contribution in [3.63, 3.8) is 0 Å². The Hall–Kier alpha value is -0.480. The predicted molar refractivity (Wildman–Crippen MR) is 156 cm³/mol. The molecule has 1 spiro atoms. The van der Waals surface area contributed by atoms with Crippen LogP contribution in [0.2, 0.25) is 0 Å². The van der Waals surface area contributed by atoms with Crippen LogP contribution in [-0.4, -0.2) is 127 Å². The van der Waals surface area contributed by atoms with Crippen LogP contribution in [0.5, 0.6) is 0 Å². The Bertz CT molecular complexity index is 1120. The molecular formula is C33H54O12. The van der Waals surface area contributed by atoms with Crippen molar-refractivity contribution in [3.05, 3.63) is 0 Å². The number of rotatable bonds is 3. The molecule has 7 fully saturated rings. The smallest absolute Gasteiger partial charge is 0.187 e. The highest BCUT2D eigenvalue weighted by atomic mass is 16.7. The van der Waals surface area contributed by atoms with Gasteiger partial charge in [-0.3, -0.25) is 0 Å². The zero-order chi connectivity index (χ0) is 32.4. The molecule has 258 valence electrons. The summed E-state index contributed by atoms with van der Waals surface area (Å²) >= 11 is 0. The van der Waals surface area contributed by atoms with Crippen LogP contribution >= 0.6 is 0 Å². The lowest BCUT2D eigenvalue weighted by molar-refractivity contribution is -0.398. The largest absolute Gasteiger partial charge is 0.394 e. The average Bonchev–Trinajstić information content (AvgIpc) is 3.47. The lowest BCUT2D eigenvalue weighted by Gasteiger charge is -2.68. The molecule has 0 aromatic rings. The Kier molecular flexibility index (Phi) is 8.09. The SMILES string of the molecule is C[C@@H]1CC[C@@]2(OC1)O[C@H]1C[C@H]3[C@@H]4CC[C@]5(O[C@@H]6O[C@H](CO)[C@@H](O)[C@H](O)[C@H]6O)[C@@H](O)[C@@H](O)[C@@H](O)[C@@H](O)[C@]5(C)[C@H]4CC[C@]3(C)[C@H]1[C@@H]2C. The van der Waals surface area contributed by atoms with E-state index in [2.05, 4.69) is 20.8 Å². The van der Waals surface area contributed by atoms with Gasteiger partial charge in [-0.1, -0.05) is 27.7 Å². The molecule has 20 atom stereocenters. The Labute approximate surface area is 264 Å². The zero-order valence-corrected chi connectivity index (χ0v) is 26.8. The van der Waals surface area contributed by atoms with Gasteiger partial charge in [0.1, 0.15) is 48.3 Å². The van der Waals surface area contributed by atoms with Crippen LogP contribution in [0.1, 0.15) is 72.6 Å². The molecule has 7 rings (SSSR count). The fourth-order valence-corrected chi connectivity index (χ4v) is 12.0. The van der Waals surface area contributed by atoms with Gasteiger partial charge < -0.3 is 59.8 Å². The number of aliphatic hydroxyl groups excluding tert-OH is 8. The average molecular weight is 643 g/mol. The van der Waals surface area contributed by atoms with E-state index in [1.54, 1.807) is 6.92 Å². The van der Waals surface area contributed by atoms with Crippen molar-refractivity contribution in [1.82, 2.24) is 0 Å². The maximum Gasteiger partial charge on any atom is 0.187 e. The van der Waals surface area contributed by atoms with Crippen molar-refractivity contribution < 1.29 is 59.8 Å². The van der Waals surface area contributed by atoms with Crippen molar-refractivity contribution in [2.45, 2.75) is 145 Å². The number of hydrogen-bond acceptors (Lipinski definition) is 12. The van der Waals surface area contributed by atoms with Crippen LogP contribution in [-0.2, 0) is 18.9 Å². The van der Waals surface area contributed by atoms with Crippen LogP contribution in [0.25, 0.3) is 0 Å². The second kappa shape index (κ2) is 11.0. The summed E-state index contributed by atoms with van der Waals surface area (Å²) < 4.78 is 25.5. The van der Waals surface area contributed by atoms with Crippen molar-refractivity contribution in [3.8, 4) is 0 Å². The highest BCUT2D eigenvalue weighted by Gasteiger charge is 2.76. The zero-order valence-electron chi connectivity index (χ0n) is 26.8. The summed E-state index contributed by atoms with van der Waals surface area (Å²) in [7, 11) is 0. The first-order valence-electron chi connectivity index (χ1n) is 17.2. The molecule has 0 radical (unpaired) electrons. The highest BCUT2D eigenvalue weighted by Crippen LogP contribution is 2.72. The Balaban J connectivity index is 1.21. The van der Waals surface area contributed by atoms with Gasteiger partial charge in [-0.25, -0.2) is 0 Å². The molecule has 0 amide bonds. The summed E-state index contributed by atoms with van der Waals surface area (Å²) in [5.41, 5.74) is -3.00. The van der Waals surface area contributed by atoms with E-state index in [9.17, 15) is 40.9 Å². The van der Waals surface area contributed by atoms with Gasteiger partial charge in [0.15, 0.2) is 12.1 Å². The number of ether oxygens (including phenoxy) is 4. The maximum absolute atomic E-state index is 11.8. The molecule has 12 heteroatoms. The lowest BCUT2D eigenvalue weighted by Crippen LogP contribution is -2.79. The van der Waals surface area contributed by atoms with E-state index in [0.29, 0.717) is 31.3 Å². The summed E-state index contributed by atoms with van der Waals surface area (Å²) in [4.78, 5) is 0. The molecule has 0 bridgehead atoms. The van der Waals surface area contributed by atoms with E-state index in [4.69, 9.17) is 18.9 Å². The van der Waals surface area contributed by atoms with Crippen molar-refractivity contribution in [1.29, 1.82) is 0 Å². The minimum atomic E-state index is -1.74. The minimum absolute atomic E-state index is 0.0357. The molecule has 3 aliphatic heterocycles. The van der Waals surface area contributed by atoms with Gasteiger partial charge in [0, 0.05) is 17.8 Å². The first-order valence-corrected chi connectivity index (χ1v) is 17.2. The molecule has 12 nitrogen and oxygen atoms in total. The fraction of sp³-hybridized carbons (Fsp3) is 1.00. The standard InChI is InChI=1S/C33H54O12/c1-14-5-10-33(42-13-14)15(2)21-19(44-33)11-18-16-6-9-32(45-29-26(39)23(36)22(35)20(12-34)43-29)28(41)25(38)24(37)27(40)31(32,4)17(16)7-8-30(18,21)3/h14-29,34-41H,5-13H2,1-4H3/t14-,15+,16-,17+,18+,19+,20-,21+,22-,23+,24-,25+,26-,27-,28+,29+,30+,31+,32+,33-/m1/s1. The molecule has 8 N–H and O–H groups in total. The summed E-state index contributed by atoms with van der Waals surface area (Å²) in [5.74, 6) is 0.660. The third-order valence-corrected chi connectivity index (χ3v) is 14.5. The van der Waals surface area contributed by atoms with E-state index in [1.807, 2.05) is 0 Å². The van der Waals surface area contributed by atoms with Crippen LogP contribution in [0.15, 0.2) is 0 Å². The van der Waals surface area contributed by atoms with Gasteiger partial charge in [0.05, 0.1) is 25.4 Å². The Morgan fingerprint density at radius 3 is 2.16 bits per heavy atom. The molecule has 0 unspecified atom stereocenters. The van der Waals surface area contributed by atoms with Crippen molar-refractivity contribution >= 4 is 0 Å². The molecule has 7 aliphatic rings. The van der Waals surface area contributed by atoms with Crippen molar-refractivity contribution in [2.75, 3.05) is 13.2 Å². The quantitative estimate of drug-likeness (QED) is 0.187. The first-order chi connectivity index (χ1) is 21.2. The molecule has 4 saturated carbocycles. The molecule has 4 aliphatic carbocycles. The molecule has 3 saturated heterocycles. The van der Waals surface area contributed by atoms with E-state index in [0.717, 1.165) is 25.7 Å². The number of hydrogen-bond donors (Lipinski definition) is 8. The molecule has 0 aromatic carbocycles. The first kappa shape index (κ1) is 33.0. The minimum Gasteiger partial charge on any atom is -0.394 e. The van der Waals surface area contributed by atoms with Gasteiger partial charge in [-0.15, -0.1) is 0 Å². The van der Waals surface area contributed by atoms with Crippen LogP contribution < -0.4 is 0 Å². The molecular weight excluding hydrogens is 588 g/mol. The molecule has 45 heavy (non-hydrogen) atoms. The van der Waals surface area contributed by atoms with Crippen LogP contribution in [0.4, 0.5) is 0 Å². The van der Waals surface area contributed by atoms with E-state index in [-0.39, 0.29) is 41.6 Å². The number of aliphatic hydroxyl groups is 8. The van der Waals surface area contributed by atoms with Gasteiger partial charge >= 0.3 is 0 Å². The van der Waals surface area contributed by atoms with Crippen molar-refractivity contribution in [2.24, 2.45) is 46.3 Å². The van der Waals surface area contributed by atoms with E-state index >= 15 is 0 Å². The fourth-order valence-electron chi connectivity index (χ4n) is 12.0. The number of fused-ring (bicyclic) bond motifs is 7. The monoisotopic (exact) mass is 642 g/mol. The third kappa shape index (κ3) is 4.27. The third-order valence-electron chi connectivity index (χ3n) is 14.5. The normalized spacial score (nSPS) is 62.7. The lowest BCUT2D eigenvalue weighted by atomic mass is 9.41. The van der Waals surface area contributed by atoms with Gasteiger partial charge in [0.2, 0.25) is 0 Å². The van der Waals surface area contributed by atoms with Gasteiger partial charge in [0.25, 0.3) is 0 Å². The maximum atomic E-state index is 11.8. The highest BCUT2D eigenvalue weighted by molar-refractivity contribution is 5.23. The van der Waals surface area contributed by atoms with Gasteiger partial charge in [-0.2, -0.15) is 0 Å². The molecule has 0 aromatic heterocycles. The van der Waals surface area contributed by atoms with Crippen LogP contribution in [0, 0.1) is 46.3 Å². The summed E-state index contributed by atoms with van der Waals surface area (Å²) in [6, 6.07) is 0. The van der Waals surface area contributed by atoms with Crippen LogP contribution in [0.3, 0.4) is 0 Å².